The number of benzene rings is 2. The van der Waals surface area contributed by atoms with E-state index >= 15 is 0 Å². The third kappa shape index (κ3) is 3.10. The van der Waals surface area contributed by atoms with E-state index in [9.17, 15) is 5.11 Å². The molecular formula is C15H18N2O2. The van der Waals surface area contributed by atoms with Gasteiger partial charge in [-0.3, -0.25) is 0 Å². The van der Waals surface area contributed by atoms with Crippen LogP contribution in [0.4, 0.5) is 11.4 Å². The van der Waals surface area contributed by atoms with Crippen molar-refractivity contribution < 1.29 is 9.84 Å². The summed E-state index contributed by atoms with van der Waals surface area (Å²) in [4.78, 5) is 2.08. The van der Waals surface area contributed by atoms with Crippen molar-refractivity contribution in [2.45, 2.75) is 6.54 Å². The Bertz CT molecular complexity index is 553. The molecule has 0 saturated heterocycles. The van der Waals surface area contributed by atoms with E-state index in [0.29, 0.717) is 12.2 Å². The van der Waals surface area contributed by atoms with Crippen LogP contribution in [0.25, 0.3) is 0 Å². The van der Waals surface area contributed by atoms with Crippen LogP contribution in [0.15, 0.2) is 42.5 Å². The Balaban J connectivity index is 2.18. The summed E-state index contributed by atoms with van der Waals surface area (Å²) in [5.74, 6) is 1.05. The van der Waals surface area contributed by atoms with Gasteiger partial charge in [-0.2, -0.15) is 0 Å². The normalized spacial score (nSPS) is 10.2. The van der Waals surface area contributed by atoms with Gasteiger partial charge < -0.3 is 20.5 Å². The number of methoxy groups -OCH3 is 1. The molecule has 0 saturated carbocycles. The molecule has 0 spiro atoms. The minimum absolute atomic E-state index is 0.266. The van der Waals surface area contributed by atoms with Gasteiger partial charge in [-0.1, -0.05) is 6.07 Å². The second kappa shape index (κ2) is 5.52. The monoisotopic (exact) mass is 258 g/mol. The van der Waals surface area contributed by atoms with E-state index < -0.39 is 0 Å². The van der Waals surface area contributed by atoms with Gasteiger partial charge in [-0.15, -0.1) is 0 Å². The molecule has 0 bridgehead atoms. The Hall–Kier alpha value is -2.36. The Kier molecular flexibility index (Phi) is 3.80. The fraction of sp³-hybridized carbons (Fsp3) is 0.200. The topological polar surface area (TPSA) is 58.7 Å². The number of nitrogens with zero attached hydrogens (tertiary/aromatic N) is 1. The number of hydrogen-bond acceptors (Lipinski definition) is 4. The van der Waals surface area contributed by atoms with Crippen LogP contribution in [0.2, 0.25) is 0 Å². The minimum atomic E-state index is 0.266. The van der Waals surface area contributed by atoms with Gasteiger partial charge in [0.05, 0.1) is 7.11 Å². The molecule has 0 heterocycles. The highest BCUT2D eigenvalue weighted by molar-refractivity contribution is 5.52. The first-order valence-electron chi connectivity index (χ1n) is 6.02. The average Bonchev–Trinajstić information content (AvgIpc) is 2.41. The van der Waals surface area contributed by atoms with Crippen molar-refractivity contribution in [2.24, 2.45) is 0 Å². The molecular weight excluding hydrogens is 240 g/mol. The first kappa shape index (κ1) is 13.1. The second-order valence-electron chi connectivity index (χ2n) is 4.44. The number of ether oxygens (including phenoxy) is 1. The molecule has 3 N–H and O–H groups in total. The van der Waals surface area contributed by atoms with Crippen molar-refractivity contribution in [1.82, 2.24) is 0 Å². The van der Waals surface area contributed by atoms with Gasteiger partial charge >= 0.3 is 0 Å². The average molecular weight is 258 g/mol. The molecule has 2 aromatic carbocycles. The maximum absolute atomic E-state index is 9.29. The number of nitrogen functional groups attached to an aromatic ring is 1. The van der Waals surface area contributed by atoms with Crippen molar-refractivity contribution in [1.29, 1.82) is 0 Å². The molecule has 0 aliphatic heterocycles. The number of phenols is 1. The Morgan fingerprint density at radius 2 is 1.84 bits per heavy atom. The summed E-state index contributed by atoms with van der Waals surface area (Å²) in [5.41, 5.74) is 8.52. The van der Waals surface area contributed by atoms with Crippen molar-refractivity contribution in [3.8, 4) is 11.5 Å². The molecule has 0 aromatic heterocycles. The summed E-state index contributed by atoms with van der Waals surface area (Å²) in [7, 11) is 3.63. The third-order valence-electron chi connectivity index (χ3n) is 3.01. The first-order chi connectivity index (χ1) is 9.10. The van der Waals surface area contributed by atoms with Gasteiger partial charge in [-0.25, -0.2) is 0 Å². The Morgan fingerprint density at radius 1 is 1.16 bits per heavy atom. The predicted molar refractivity (Wildman–Crippen MR) is 77.6 cm³/mol. The van der Waals surface area contributed by atoms with Crippen LogP contribution in [0.1, 0.15) is 5.56 Å². The summed E-state index contributed by atoms with van der Waals surface area (Å²) in [6.07, 6.45) is 0. The standard InChI is InChI=1S/C15H18N2O2/c1-17(13-5-7-14(18)8-6-13)10-11-3-4-12(16)9-15(11)19-2/h3-9,18H,10,16H2,1-2H3. The van der Waals surface area contributed by atoms with Crippen LogP contribution >= 0.6 is 0 Å². The molecule has 100 valence electrons. The Labute approximate surface area is 113 Å². The van der Waals surface area contributed by atoms with E-state index in [2.05, 4.69) is 4.90 Å². The smallest absolute Gasteiger partial charge is 0.125 e. The molecule has 19 heavy (non-hydrogen) atoms. The van der Waals surface area contributed by atoms with Gasteiger partial charge in [0.2, 0.25) is 0 Å². The molecule has 0 aliphatic rings. The molecule has 0 fully saturated rings. The molecule has 4 nitrogen and oxygen atoms in total. The summed E-state index contributed by atoms with van der Waals surface area (Å²) in [5, 5.41) is 9.29. The number of phenolic OH excluding ortho intramolecular Hbond substituents is 1. The van der Waals surface area contributed by atoms with Crippen molar-refractivity contribution in [3.63, 3.8) is 0 Å². The largest absolute Gasteiger partial charge is 0.508 e. The SMILES string of the molecule is COc1cc(N)ccc1CN(C)c1ccc(O)cc1. The summed E-state index contributed by atoms with van der Waals surface area (Å²) < 4.78 is 5.34. The maximum atomic E-state index is 9.29. The quantitative estimate of drug-likeness (QED) is 0.828. The van der Waals surface area contributed by atoms with Crippen molar-refractivity contribution >= 4 is 11.4 Å². The molecule has 2 rings (SSSR count). The second-order valence-corrected chi connectivity index (χ2v) is 4.44. The van der Waals surface area contributed by atoms with Gasteiger partial charge in [0.15, 0.2) is 0 Å². The lowest BCUT2D eigenvalue weighted by Gasteiger charge is -2.21. The summed E-state index contributed by atoms with van der Waals surface area (Å²) >= 11 is 0. The molecule has 0 amide bonds. The van der Waals surface area contributed by atoms with Crippen molar-refractivity contribution in [2.75, 3.05) is 24.8 Å². The lowest BCUT2D eigenvalue weighted by atomic mass is 10.1. The van der Waals surface area contributed by atoms with E-state index in [1.54, 1.807) is 19.2 Å². The first-order valence-corrected chi connectivity index (χ1v) is 6.02. The zero-order valence-electron chi connectivity index (χ0n) is 11.1. The zero-order valence-corrected chi connectivity index (χ0v) is 11.1. The van der Waals surface area contributed by atoms with Gasteiger partial charge in [-0.05, 0) is 30.3 Å². The van der Waals surface area contributed by atoms with Crippen LogP contribution in [0, 0.1) is 0 Å². The number of anilines is 2. The number of rotatable bonds is 4. The van der Waals surface area contributed by atoms with E-state index in [1.807, 2.05) is 37.4 Å². The number of nitrogens with two attached hydrogens (primary N) is 1. The molecule has 0 unspecified atom stereocenters. The van der Waals surface area contributed by atoms with Crippen LogP contribution in [0.3, 0.4) is 0 Å². The lowest BCUT2D eigenvalue weighted by molar-refractivity contribution is 0.410. The predicted octanol–water partition coefficient (Wildman–Crippen LogP) is 2.62. The molecule has 0 atom stereocenters. The lowest BCUT2D eigenvalue weighted by Crippen LogP contribution is -2.16. The minimum Gasteiger partial charge on any atom is -0.508 e. The van der Waals surface area contributed by atoms with E-state index in [4.69, 9.17) is 10.5 Å². The summed E-state index contributed by atoms with van der Waals surface area (Å²) in [6, 6.07) is 12.7. The van der Waals surface area contributed by atoms with E-state index in [1.165, 1.54) is 0 Å². The van der Waals surface area contributed by atoms with Crippen LogP contribution < -0.4 is 15.4 Å². The van der Waals surface area contributed by atoms with Crippen LogP contribution in [-0.2, 0) is 6.54 Å². The highest BCUT2D eigenvalue weighted by Crippen LogP contribution is 2.25. The van der Waals surface area contributed by atoms with Gasteiger partial charge in [0, 0.05) is 36.6 Å². The van der Waals surface area contributed by atoms with Crippen molar-refractivity contribution in [3.05, 3.63) is 48.0 Å². The van der Waals surface area contributed by atoms with E-state index in [0.717, 1.165) is 17.0 Å². The molecule has 0 aliphatic carbocycles. The van der Waals surface area contributed by atoms with Crippen LogP contribution in [0.5, 0.6) is 11.5 Å². The molecule has 4 heteroatoms. The zero-order chi connectivity index (χ0) is 13.8. The maximum Gasteiger partial charge on any atom is 0.125 e. The highest BCUT2D eigenvalue weighted by atomic mass is 16.5. The summed E-state index contributed by atoms with van der Waals surface area (Å²) in [6.45, 7) is 0.703. The fourth-order valence-electron chi connectivity index (χ4n) is 1.95. The Morgan fingerprint density at radius 3 is 2.47 bits per heavy atom. The third-order valence-corrected chi connectivity index (χ3v) is 3.01. The fourth-order valence-corrected chi connectivity index (χ4v) is 1.95. The molecule has 0 radical (unpaired) electrons. The number of aromatic hydroxyl groups is 1. The number of hydrogen-bond donors (Lipinski definition) is 2. The van der Waals surface area contributed by atoms with Gasteiger partial charge in [0.1, 0.15) is 11.5 Å². The van der Waals surface area contributed by atoms with E-state index in [-0.39, 0.29) is 5.75 Å². The van der Waals surface area contributed by atoms with Gasteiger partial charge in [0.25, 0.3) is 0 Å². The molecule has 2 aromatic rings. The van der Waals surface area contributed by atoms with Crippen LogP contribution in [-0.4, -0.2) is 19.3 Å². The highest BCUT2D eigenvalue weighted by Gasteiger charge is 2.07.